The third kappa shape index (κ3) is 2.05. The van der Waals surface area contributed by atoms with Crippen LogP contribution in [-0.4, -0.2) is 15.3 Å². The zero-order valence-electron chi connectivity index (χ0n) is 12.6. The first-order chi connectivity index (χ1) is 10.7. The predicted octanol–water partition coefficient (Wildman–Crippen LogP) is 3.79. The molecule has 1 unspecified atom stereocenters. The molecule has 3 nitrogen and oxygen atoms in total. The Morgan fingerprint density at radius 1 is 1.14 bits per heavy atom. The summed E-state index contributed by atoms with van der Waals surface area (Å²) in [6, 6.07) is 16.1. The lowest BCUT2D eigenvalue weighted by atomic mass is 9.82. The Hall–Kier alpha value is -2.42. The number of aryl methyl sites for hydroxylation is 2. The Kier molecular flexibility index (Phi) is 3.07. The van der Waals surface area contributed by atoms with Gasteiger partial charge in [-0.05, 0) is 37.5 Å². The minimum Gasteiger partial charge on any atom is -0.327 e. The number of fused-ring (bicyclic) bond motifs is 2. The summed E-state index contributed by atoms with van der Waals surface area (Å²) in [5.41, 5.74) is 4.21. The molecule has 3 heteroatoms. The van der Waals surface area contributed by atoms with Gasteiger partial charge in [0.15, 0.2) is 5.78 Å². The van der Waals surface area contributed by atoms with Crippen molar-refractivity contribution in [1.82, 2.24) is 9.55 Å². The third-order valence-corrected chi connectivity index (χ3v) is 4.66. The summed E-state index contributed by atoms with van der Waals surface area (Å²) in [7, 11) is 0. The number of ketones is 1. The lowest BCUT2D eigenvalue weighted by molar-refractivity contribution is 0.0888. The van der Waals surface area contributed by atoms with Gasteiger partial charge in [-0.25, -0.2) is 4.98 Å². The average molecular weight is 290 g/mol. The summed E-state index contributed by atoms with van der Waals surface area (Å²) < 4.78 is 2.19. The van der Waals surface area contributed by atoms with Gasteiger partial charge < -0.3 is 4.57 Å². The van der Waals surface area contributed by atoms with Crippen LogP contribution in [0.1, 0.15) is 28.2 Å². The molecule has 3 aromatic rings. The summed E-state index contributed by atoms with van der Waals surface area (Å²) in [5, 5.41) is 0. The van der Waals surface area contributed by atoms with E-state index < -0.39 is 0 Å². The molecule has 1 heterocycles. The second kappa shape index (κ2) is 5.09. The van der Waals surface area contributed by atoms with Crippen LogP contribution >= 0.6 is 0 Å². The lowest BCUT2D eigenvalue weighted by Crippen LogP contribution is -2.26. The Morgan fingerprint density at radius 2 is 1.91 bits per heavy atom. The van der Waals surface area contributed by atoms with E-state index in [4.69, 9.17) is 0 Å². The van der Waals surface area contributed by atoms with Gasteiger partial charge in [0.2, 0.25) is 0 Å². The molecule has 1 aromatic heterocycles. The van der Waals surface area contributed by atoms with E-state index in [1.54, 1.807) is 0 Å². The number of rotatable bonds is 2. The van der Waals surface area contributed by atoms with Gasteiger partial charge in [0.25, 0.3) is 0 Å². The van der Waals surface area contributed by atoms with E-state index >= 15 is 0 Å². The van der Waals surface area contributed by atoms with Crippen molar-refractivity contribution in [3.8, 4) is 0 Å². The summed E-state index contributed by atoms with van der Waals surface area (Å²) in [4.78, 5) is 17.4. The van der Waals surface area contributed by atoms with Crippen molar-refractivity contribution in [2.75, 3.05) is 0 Å². The number of para-hydroxylation sites is 2. The normalized spacial score (nSPS) is 17.7. The Labute approximate surface area is 129 Å². The largest absolute Gasteiger partial charge is 0.327 e. The molecule has 0 saturated carbocycles. The van der Waals surface area contributed by atoms with Gasteiger partial charge in [0.05, 0.1) is 11.0 Å². The van der Waals surface area contributed by atoms with Gasteiger partial charge in [-0.15, -0.1) is 0 Å². The van der Waals surface area contributed by atoms with Crippen LogP contribution in [0.25, 0.3) is 11.0 Å². The number of Topliss-reactive ketones (excluding diaryl/α,β-unsaturated/α-hetero) is 1. The van der Waals surface area contributed by atoms with Crippen LogP contribution in [0.15, 0.2) is 48.5 Å². The highest BCUT2D eigenvalue weighted by atomic mass is 16.1. The van der Waals surface area contributed by atoms with Crippen LogP contribution in [0.5, 0.6) is 0 Å². The van der Waals surface area contributed by atoms with E-state index in [-0.39, 0.29) is 11.7 Å². The van der Waals surface area contributed by atoms with Crippen LogP contribution in [-0.2, 0) is 13.0 Å². The van der Waals surface area contributed by atoms with Gasteiger partial charge in [-0.2, -0.15) is 0 Å². The number of benzene rings is 2. The van der Waals surface area contributed by atoms with Crippen molar-refractivity contribution < 1.29 is 4.79 Å². The molecule has 4 rings (SSSR count). The van der Waals surface area contributed by atoms with Gasteiger partial charge in [0, 0.05) is 18.0 Å². The molecule has 0 N–H and O–H groups in total. The van der Waals surface area contributed by atoms with E-state index in [2.05, 4.69) is 21.7 Å². The summed E-state index contributed by atoms with van der Waals surface area (Å²) in [5.74, 6) is 1.30. The molecule has 110 valence electrons. The monoisotopic (exact) mass is 290 g/mol. The number of hydrogen-bond donors (Lipinski definition) is 0. The summed E-state index contributed by atoms with van der Waals surface area (Å²) in [6.45, 7) is 2.74. The topological polar surface area (TPSA) is 34.9 Å². The quantitative estimate of drug-likeness (QED) is 0.719. The second-order valence-electron chi connectivity index (χ2n) is 6.02. The van der Waals surface area contributed by atoms with Gasteiger partial charge in [-0.3, -0.25) is 4.79 Å². The molecule has 1 aliphatic rings. The van der Waals surface area contributed by atoms with E-state index in [0.29, 0.717) is 0 Å². The molecule has 0 fully saturated rings. The first kappa shape index (κ1) is 13.3. The van der Waals surface area contributed by atoms with Gasteiger partial charge in [0.1, 0.15) is 5.82 Å². The Bertz CT molecular complexity index is 863. The van der Waals surface area contributed by atoms with Crippen molar-refractivity contribution in [3.63, 3.8) is 0 Å². The standard InChI is InChI=1S/C19H18N2O/c1-13-20-17-8-4-5-9-18(17)21(13)12-15-11-10-14-6-2-3-7-16(14)19(15)22/h2-9,15H,10-12H2,1H3. The minimum absolute atomic E-state index is 0.0474. The van der Waals surface area contributed by atoms with E-state index in [1.165, 1.54) is 5.56 Å². The second-order valence-corrected chi connectivity index (χ2v) is 6.02. The molecule has 0 radical (unpaired) electrons. The average Bonchev–Trinajstić information content (AvgIpc) is 2.86. The number of aromatic nitrogens is 2. The highest BCUT2D eigenvalue weighted by molar-refractivity contribution is 6.00. The first-order valence-electron chi connectivity index (χ1n) is 7.78. The fourth-order valence-corrected chi connectivity index (χ4v) is 3.48. The van der Waals surface area contributed by atoms with Crippen molar-refractivity contribution >= 4 is 16.8 Å². The van der Waals surface area contributed by atoms with Crippen LogP contribution < -0.4 is 0 Å². The van der Waals surface area contributed by atoms with Crippen LogP contribution in [0.2, 0.25) is 0 Å². The van der Waals surface area contributed by atoms with E-state index in [1.807, 2.05) is 43.3 Å². The molecule has 0 spiro atoms. The van der Waals surface area contributed by atoms with E-state index in [0.717, 1.165) is 41.8 Å². The summed E-state index contributed by atoms with van der Waals surface area (Å²) in [6.07, 6.45) is 1.90. The summed E-state index contributed by atoms with van der Waals surface area (Å²) >= 11 is 0. The van der Waals surface area contributed by atoms with Crippen molar-refractivity contribution in [2.24, 2.45) is 5.92 Å². The molecule has 1 aliphatic carbocycles. The number of hydrogen-bond acceptors (Lipinski definition) is 2. The molecule has 1 atom stereocenters. The zero-order chi connectivity index (χ0) is 15.1. The minimum atomic E-state index is 0.0474. The van der Waals surface area contributed by atoms with Crippen LogP contribution in [0.3, 0.4) is 0 Å². The highest BCUT2D eigenvalue weighted by Crippen LogP contribution is 2.28. The molecular formula is C19H18N2O. The number of imidazole rings is 1. The molecule has 0 amide bonds. The molecule has 2 aromatic carbocycles. The molecular weight excluding hydrogens is 272 g/mol. The fraction of sp³-hybridized carbons (Fsp3) is 0.263. The predicted molar refractivity (Wildman–Crippen MR) is 87.1 cm³/mol. The lowest BCUT2D eigenvalue weighted by Gasteiger charge is -2.24. The molecule has 0 saturated heterocycles. The van der Waals surface area contributed by atoms with Crippen LogP contribution in [0.4, 0.5) is 0 Å². The zero-order valence-corrected chi connectivity index (χ0v) is 12.6. The van der Waals surface area contributed by atoms with Crippen molar-refractivity contribution in [1.29, 1.82) is 0 Å². The van der Waals surface area contributed by atoms with Gasteiger partial charge >= 0.3 is 0 Å². The molecule has 0 bridgehead atoms. The first-order valence-corrected chi connectivity index (χ1v) is 7.78. The Morgan fingerprint density at radius 3 is 2.82 bits per heavy atom. The third-order valence-electron chi connectivity index (χ3n) is 4.66. The molecule has 0 aliphatic heterocycles. The van der Waals surface area contributed by atoms with Crippen LogP contribution in [0, 0.1) is 12.8 Å². The number of carbonyl (C=O) groups is 1. The maximum Gasteiger partial charge on any atom is 0.168 e. The van der Waals surface area contributed by atoms with E-state index in [9.17, 15) is 4.79 Å². The van der Waals surface area contributed by atoms with Crippen molar-refractivity contribution in [3.05, 3.63) is 65.5 Å². The SMILES string of the molecule is Cc1nc2ccccc2n1CC1CCc2ccccc2C1=O. The fourth-order valence-electron chi connectivity index (χ4n) is 3.48. The maximum atomic E-state index is 12.8. The van der Waals surface area contributed by atoms with Gasteiger partial charge in [-0.1, -0.05) is 36.4 Å². The Balaban J connectivity index is 1.69. The van der Waals surface area contributed by atoms with Crippen molar-refractivity contribution in [2.45, 2.75) is 26.3 Å². The maximum absolute atomic E-state index is 12.8. The highest BCUT2D eigenvalue weighted by Gasteiger charge is 2.28. The number of carbonyl (C=O) groups excluding carboxylic acids is 1. The molecule has 22 heavy (non-hydrogen) atoms. The smallest absolute Gasteiger partial charge is 0.168 e. The number of nitrogens with zero attached hydrogens (tertiary/aromatic N) is 2.